The van der Waals surface area contributed by atoms with E-state index >= 15 is 0 Å². The summed E-state index contributed by atoms with van der Waals surface area (Å²) in [5.74, 6) is 0.389. The van der Waals surface area contributed by atoms with E-state index in [0.29, 0.717) is 33.0 Å². The van der Waals surface area contributed by atoms with Crippen LogP contribution in [0.25, 0.3) is 21.3 Å². The number of benzene rings is 2. The smallest absolute Gasteiger partial charge is 0.260 e. The number of hydrogen-bond acceptors (Lipinski definition) is 5. The molecule has 0 saturated heterocycles. The fourth-order valence-electron chi connectivity index (χ4n) is 3.17. The Morgan fingerprint density at radius 3 is 2.77 bits per heavy atom. The van der Waals surface area contributed by atoms with Crippen LogP contribution in [0.15, 0.2) is 58.7 Å². The second kappa shape index (κ2) is 9.03. The van der Waals surface area contributed by atoms with Crippen molar-refractivity contribution in [3.63, 3.8) is 0 Å². The molecule has 0 aliphatic heterocycles. The zero-order chi connectivity index (χ0) is 22.0. The van der Waals surface area contributed by atoms with Crippen LogP contribution < -0.4 is 10.9 Å². The van der Waals surface area contributed by atoms with Gasteiger partial charge in [0.15, 0.2) is 0 Å². The lowest BCUT2D eigenvalue weighted by atomic mass is 10.1. The molecule has 1 atom stereocenters. The van der Waals surface area contributed by atoms with Gasteiger partial charge in [0.1, 0.15) is 16.5 Å². The lowest BCUT2D eigenvalue weighted by Crippen LogP contribution is -2.23. The first-order valence-corrected chi connectivity index (χ1v) is 11.6. The number of carbonyl (C=O) groups excluding carboxylic acids is 1. The quantitative estimate of drug-likeness (QED) is 0.412. The van der Waals surface area contributed by atoms with Gasteiger partial charge in [-0.3, -0.25) is 9.59 Å². The molecule has 2 heterocycles. The van der Waals surface area contributed by atoms with E-state index in [2.05, 4.69) is 15.3 Å². The molecule has 1 amide bonds. The number of thioether (sulfide) groups is 1. The number of fused-ring (bicyclic) bond motifs is 1. The highest BCUT2D eigenvalue weighted by molar-refractivity contribution is 7.99. The van der Waals surface area contributed by atoms with Gasteiger partial charge in [-0.15, -0.1) is 23.1 Å². The normalized spacial score (nSPS) is 12.1. The number of rotatable bonds is 6. The summed E-state index contributed by atoms with van der Waals surface area (Å²) in [5.41, 5.74) is 2.91. The molecule has 0 fully saturated rings. The van der Waals surface area contributed by atoms with E-state index < -0.39 is 0 Å². The molecular formula is C23H20FN3O2S2. The Hall–Kier alpha value is -2.97. The molecule has 31 heavy (non-hydrogen) atoms. The standard InChI is InChI=1S/C23H20FN3O2S2/c1-13-10-16(24)8-9-18(13)25-21(28)14(2)30-12-19-26-22(29)20-17(11-31-23(20)27-19)15-6-4-3-5-7-15/h3-11,14H,12H2,1-2H3,(H,25,28)(H,26,27,29). The number of anilines is 1. The minimum Gasteiger partial charge on any atom is -0.325 e. The number of nitrogens with zero attached hydrogens (tertiary/aromatic N) is 1. The second-order valence-electron chi connectivity index (χ2n) is 7.11. The van der Waals surface area contributed by atoms with Gasteiger partial charge in [0, 0.05) is 16.6 Å². The van der Waals surface area contributed by atoms with E-state index in [9.17, 15) is 14.0 Å². The lowest BCUT2D eigenvalue weighted by Gasteiger charge is -2.13. The summed E-state index contributed by atoms with van der Waals surface area (Å²) >= 11 is 2.80. The van der Waals surface area contributed by atoms with Gasteiger partial charge in [-0.25, -0.2) is 9.37 Å². The maximum atomic E-state index is 13.2. The Bertz CT molecular complexity index is 1300. The SMILES string of the molecule is Cc1cc(F)ccc1NC(=O)C(C)SCc1nc2scc(-c3ccccc3)c2c(=O)[nH]1. The van der Waals surface area contributed by atoms with Crippen molar-refractivity contribution in [1.29, 1.82) is 0 Å². The first kappa shape index (κ1) is 21.3. The van der Waals surface area contributed by atoms with Gasteiger partial charge in [0.2, 0.25) is 5.91 Å². The molecular weight excluding hydrogens is 433 g/mol. The number of hydrogen-bond donors (Lipinski definition) is 2. The Kier molecular flexibility index (Phi) is 6.20. The van der Waals surface area contributed by atoms with E-state index in [-0.39, 0.29) is 22.5 Å². The zero-order valence-electron chi connectivity index (χ0n) is 16.9. The van der Waals surface area contributed by atoms with Crippen molar-refractivity contribution in [1.82, 2.24) is 9.97 Å². The summed E-state index contributed by atoms with van der Waals surface area (Å²) in [6.07, 6.45) is 0. The van der Waals surface area contributed by atoms with Crippen LogP contribution in [-0.4, -0.2) is 21.1 Å². The van der Waals surface area contributed by atoms with Crippen LogP contribution in [0.3, 0.4) is 0 Å². The highest BCUT2D eigenvalue weighted by atomic mass is 32.2. The molecule has 8 heteroatoms. The first-order valence-electron chi connectivity index (χ1n) is 9.67. The molecule has 5 nitrogen and oxygen atoms in total. The fourth-order valence-corrected chi connectivity index (χ4v) is 4.90. The largest absolute Gasteiger partial charge is 0.325 e. The van der Waals surface area contributed by atoms with Crippen molar-refractivity contribution in [2.45, 2.75) is 24.9 Å². The van der Waals surface area contributed by atoms with Crippen LogP contribution in [0.5, 0.6) is 0 Å². The fraction of sp³-hybridized carbons (Fsp3) is 0.174. The third-order valence-corrected chi connectivity index (χ3v) is 6.89. The minimum absolute atomic E-state index is 0.181. The number of aromatic nitrogens is 2. The van der Waals surface area contributed by atoms with Gasteiger partial charge >= 0.3 is 0 Å². The van der Waals surface area contributed by atoms with Crippen LogP contribution in [0, 0.1) is 12.7 Å². The van der Waals surface area contributed by atoms with Crippen LogP contribution in [-0.2, 0) is 10.5 Å². The van der Waals surface area contributed by atoms with Gasteiger partial charge in [0.05, 0.1) is 16.4 Å². The molecule has 2 aromatic heterocycles. The number of halogens is 1. The molecule has 0 bridgehead atoms. The van der Waals surface area contributed by atoms with Gasteiger partial charge < -0.3 is 10.3 Å². The average Bonchev–Trinajstić information content (AvgIpc) is 3.19. The summed E-state index contributed by atoms with van der Waals surface area (Å²) < 4.78 is 13.2. The number of H-pyrrole nitrogens is 1. The van der Waals surface area contributed by atoms with E-state index in [0.717, 1.165) is 11.1 Å². The topological polar surface area (TPSA) is 74.8 Å². The number of amides is 1. The second-order valence-corrected chi connectivity index (χ2v) is 9.30. The van der Waals surface area contributed by atoms with Crippen molar-refractivity contribution >= 4 is 44.9 Å². The molecule has 2 N–H and O–H groups in total. The van der Waals surface area contributed by atoms with Crippen LogP contribution in [0.2, 0.25) is 0 Å². The molecule has 4 aromatic rings. The molecule has 0 saturated carbocycles. The van der Waals surface area contributed by atoms with Crippen molar-refractivity contribution in [3.05, 3.63) is 81.5 Å². The van der Waals surface area contributed by atoms with E-state index in [1.165, 1.54) is 35.2 Å². The predicted octanol–water partition coefficient (Wildman–Crippen LogP) is 5.36. The van der Waals surface area contributed by atoms with E-state index in [1.807, 2.05) is 35.7 Å². The third-order valence-electron chi connectivity index (χ3n) is 4.86. The van der Waals surface area contributed by atoms with Gasteiger partial charge in [-0.1, -0.05) is 30.3 Å². The summed E-state index contributed by atoms with van der Waals surface area (Å²) in [6.45, 7) is 3.53. The van der Waals surface area contributed by atoms with Crippen LogP contribution >= 0.6 is 23.1 Å². The maximum absolute atomic E-state index is 13.2. The van der Waals surface area contributed by atoms with Crippen molar-refractivity contribution < 1.29 is 9.18 Å². The highest BCUT2D eigenvalue weighted by Crippen LogP contribution is 2.31. The van der Waals surface area contributed by atoms with E-state index in [1.54, 1.807) is 19.9 Å². The van der Waals surface area contributed by atoms with Crippen LogP contribution in [0.4, 0.5) is 10.1 Å². The number of aromatic amines is 1. The number of carbonyl (C=O) groups is 1. The summed E-state index contributed by atoms with van der Waals surface area (Å²) in [5, 5.41) is 4.97. The zero-order valence-corrected chi connectivity index (χ0v) is 18.6. The van der Waals surface area contributed by atoms with Crippen LogP contribution in [0.1, 0.15) is 18.3 Å². The summed E-state index contributed by atoms with van der Waals surface area (Å²) in [4.78, 5) is 33.3. The van der Waals surface area contributed by atoms with Crippen molar-refractivity contribution in [2.75, 3.05) is 5.32 Å². The Balaban J connectivity index is 1.46. The number of aryl methyl sites for hydroxylation is 1. The molecule has 0 spiro atoms. The molecule has 0 aliphatic carbocycles. The Morgan fingerprint density at radius 1 is 1.26 bits per heavy atom. The van der Waals surface area contributed by atoms with Gasteiger partial charge in [0.25, 0.3) is 5.56 Å². The van der Waals surface area contributed by atoms with Gasteiger partial charge in [-0.2, -0.15) is 0 Å². The molecule has 4 rings (SSSR count). The molecule has 0 radical (unpaired) electrons. The first-order chi connectivity index (χ1) is 14.9. The average molecular weight is 454 g/mol. The van der Waals surface area contributed by atoms with E-state index in [4.69, 9.17) is 0 Å². The summed E-state index contributed by atoms with van der Waals surface area (Å²) in [7, 11) is 0. The number of thiophene rings is 1. The Labute approximate surface area is 186 Å². The Morgan fingerprint density at radius 2 is 2.03 bits per heavy atom. The minimum atomic E-state index is -0.381. The lowest BCUT2D eigenvalue weighted by molar-refractivity contribution is -0.115. The third kappa shape index (κ3) is 4.70. The predicted molar refractivity (Wildman–Crippen MR) is 126 cm³/mol. The monoisotopic (exact) mass is 453 g/mol. The molecule has 0 aliphatic rings. The highest BCUT2D eigenvalue weighted by Gasteiger charge is 2.17. The molecule has 2 aromatic carbocycles. The summed E-state index contributed by atoms with van der Waals surface area (Å²) in [6, 6.07) is 14.0. The molecule has 1 unspecified atom stereocenters. The van der Waals surface area contributed by atoms with Crippen molar-refractivity contribution in [2.24, 2.45) is 0 Å². The number of nitrogens with one attached hydrogen (secondary N) is 2. The van der Waals surface area contributed by atoms with Gasteiger partial charge in [-0.05, 0) is 43.2 Å². The molecule has 158 valence electrons. The maximum Gasteiger partial charge on any atom is 0.260 e. The van der Waals surface area contributed by atoms with Crippen molar-refractivity contribution in [3.8, 4) is 11.1 Å².